The van der Waals surface area contributed by atoms with Crippen LogP contribution >= 0.6 is 0 Å². The summed E-state index contributed by atoms with van der Waals surface area (Å²) in [6.45, 7) is 6.84. The monoisotopic (exact) mass is 374 g/mol. The van der Waals surface area contributed by atoms with Crippen molar-refractivity contribution in [2.24, 2.45) is 0 Å². The molecule has 0 aliphatic heterocycles. The van der Waals surface area contributed by atoms with Crippen molar-refractivity contribution in [1.29, 1.82) is 0 Å². The molecule has 2 aromatic rings. The van der Waals surface area contributed by atoms with E-state index in [1.807, 2.05) is 12.2 Å². The van der Waals surface area contributed by atoms with Crippen LogP contribution in [0.15, 0.2) is 79.1 Å². The molecular weight excluding hydrogens is 342 g/mol. The van der Waals surface area contributed by atoms with Crippen molar-refractivity contribution in [3.05, 3.63) is 85.5 Å². The van der Waals surface area contributed by atoms with Gasteiger partial charge in [0.25, 0.3) is 0 Å². The van der Waals surface area contributed by atoms with Crippen molar-refractivity contribution in [3.8, 4) is 0 Å². The maximum Gasteiger partial charge on any atom is 0.115 e. The van der Waals surface area contributed by atoms with Crippen LogP contribution in [0.3, 0.4) is 0 Å². The summed E-state index contributed by atoms with van der Waals surface area (Å²) in [5, 5.41) is 2.61. The molecule has 0 aromatic heterocycles. The lowest BCUT2D eigenvalue weighted by molar-refractivity contribution is 0.215. The van der Waals surface area contributed by atoms with E-state index in [1.54, 1.807) is 0 Å². The highest BCUT2D eigenvalue weighted by Crippen LogP contribution is 2.23. The van der Waals surface area contributed by atoms with Crippen molar-refractivity contribution in [1.82, 2.24) is 0 Å². The largest absolute Gasteiger partial charge is 0.494 e. The molecule has 0 bridgehead atoms. The number of rotatable bonds is 12. The highest BCUT2D eigenvalue weighted by atomic mass is 16.5. The minimum atomic E-state index is 0.820. The van der Waals surface area contributed by atoms with Crippen LogP contribution in [-0.4, -0.2) is 19.7 Å². The third-order valence-corrected chi connectivity index (χ3v) is 5.14. The quantitative estimate of drug-likeness (QED) is 0.298. The number of hydrogen-bond acceptors (Lipinski definition) is 2. The van der Waals surface area contributed by atoms with Crippen LogP contribution in [0.5, 0.6) is 0 Å². The number of benzene rings is 2. The minimum Gasteiger partial charge on any atom is -0.494 e. The Morgan fingerprint density at radius 3 is 2.64 bits per heavy atom. The summed E-state index contributed by atoms with van der Waals surface area (Å²) >= 11 is 0. The van der Waals surface area contributed by atoms with E-state index in [0.29, 0.717) is 0 Å². The van der Waals surface area contributed by atoms with Crippen molar-refractivity contribution < 1.29 is 4.74 Å². The average Bonchev–Trinajstić information content (AvgIpc) is 2.75. The standard InChI is InChI=1S/C26H32NO/c1-2-3-19-27(25-18-17-23-13-9-10-14-24(23)22-25)20-11-4-5-12-21-28-26-15-7-6-8-16-26/h2,6-7,9-10,13-18,22H,1,3-5,8,11-12,19-21H2. The van der Waals surface area contributed by atoms with E-state index < -0.39 is 0 Å². The lowest BCUT2D eigenvalue weighted by Crippen LogP contribution is -2.25. The first-order chi connectivity index (χ1) is 13.9. The molecule has 147 valence electrons. The Kier molecular flexibility index (Phi) is 8.24. The molecule has 1 aliphatic carbocycles. The normalized spacial score (nSPS) is 13.4. The fraction of sp³-hybridized carbons (Fsp3) is 0.346. The lowest BCUT2D eigenvalue weighted by atomic mass is 10.1. The average molecular weight is 375 g/mol. The molecule has 2 nitrogen and oxygen atoms in total. The van der Waals surface area contributed by atoms with Gasteiger partial charge in [-0.15, -0.1) is 6.58 Å². The third kappa shape index (κ3) is 6.30. The summed E-state index contributed by atoms with van der Waals surface area (Å²) in [6, 6.07) is 15.4. The van der Waals surface area contributed by atoms with Crippen molar-refractivity contribution in [2.45, 2.75) is 38.5 Å². The Hall–Kier alpha value is -2.48. The van der Waals surface area contributed by atoms with E-state index in [0.717, 1.165) is 44.7 Å². The van der Waals surface area contributed by atoms with Gasteiger partial charge in [0.05, 0.1) is 6.61 Å². The number of unbranched alkanes of at least 4 members (excludes halogenated alkanes) is 3. The van der Waals surface area contributed by atoms with Crippen LogP contribution in [-0.2, 0) is 4.74 Å². The molecule has 0 saturated heterocycles. The van der Waals surface area contributed by atoms with Crippen molar-refractivity contribution >= 4 is 16.5 Å². The van der Waals surface area contributed by atoms with E-state index in [9.17, 15) is 0 Å². The summed E-state index contributed by atoms with van der Waals surface area (Å²) in [7, 11) is 0. The molecule has 0 atom stereocenters. The van der Waals surface area contributed by atoms with Crippen LogP contribution in [0.2, 0.25) is 0 Å². The molecule has 28 heavy (non-hydrogen) atoms. The van der Waals surface area contributed by atoms with Crippen LogP contribution in [0.1, 0.15) is 38.5 Å². The molecule has 2 aromatic carbocycles. The zero-order chi connectivity index (χ0) is 19.4. The van der Waals surface area contributed by atoms with Crippen LogP contribution in [0.25, 0.3) is 10.8 Å². The van der Waals surface area contributed by atoms with Gasteiger partial charge in [0.1, 0.15) is 5.76 Å². The molecule has 0 heterocycles. The Balaban J connectivity index is 1.42. The maximum atomic E-state index is 5.81. The lowest BCUT2D eigenvalue weighted by Gasteiger charge is -2.25. The highest BCUT2D eigenvalue weighted by Gasteiger charge is 2.07. The molecule has 0 amide bonds. The summed E-state index contributed by atoms with van der Waals surface area (Å²) in [6.07, 6.45) is 17.2. The third-order valence-electron chi connectivity index (χ3n) is 5.14. The summed E-state index contributed by atoms with van der Waals surface area (Å²) in [5.74, 6) is 1.02. The topological polar surface area (TPSA) is 12.5 Å². The highest BCUT2D eigenvalue weighted by molar-refractivity contribution is 5.85. The zero-order valence-corrected chi connectivity index (χ0v) is 16.9. The Morgan fingerprint density at radius 1 is 0.964 bits per heavy atom. The summed E-state index contributed by atoms with van der Waals surface area (Å²) < 4.78 is 5.81. The van der Waals surface area contributed by atoms with Crippen LogP contribution < -0.4 is 4.90 Å². The second kappa shape index (κ2) is 11.4. The van der Waals surface area contributed by atoms with Gasteiger partial charge >= 0.3 is 0 Å². The van der Waals surface area contributed by atoms with E-state index in [1.165, 1.54) is 35.7 Å². The van der Waals surface area contributed by atoms with E-state index in [4.69, 9.17) is 4.74 Å². The van der Waals surface area contributed by atoms with Gasteiger partial charge in [0.15, 0.2) is 0 Å². The molecule has 0 saturated carbocycles. The smallest absolute Gasteiger partial charge is 0.115 e. The number of fused-ring (bicyclic) bond motifs is 1. The Morgan fingerprint density at radius 2 is 1.82 bits per heavy atom. The van der Waals surface area contributed by atoms with Gasteiger partial charge in [-0.3, -0.25) is 0 Å². The van der Waals surface area contributed by atoms with Gasteiger partial charge in [-0.2, -0.15) is 0 Å². The Labute approximate surface area is 170 Å². The molecule has 1 aliphatic rings. The molecule has 0 unspecified atom stereocenters. The van der Waals surface area contributed by atoms with Crippen molar-refractivity contribution in [3.63, 3.8) is 0 Å². The molecule has 0 fully saturated rings. The molecule has 1 radical (unpaired) electrons. The molecule has 0 spiro atoms. The second-order valence-electron chi connectivity index (χ2n) is 7.30. The SMILES string of the molecule is C=CCCN(CCCCCCOC1=CC[CH]C=C1)c1ccc2ccccc2c1. The number of nitrogens with zero attached hydrogens (tertiary/aromatic N) is 1. The second-order valence-corrected chi connectivity index (χ2v) is 7.30. The van der Waals surface area contributed by atoms with Crippen LogP contribution in [0.4, 0.5) is 5.69 Å². The predicted octanol–water partition coefficient (Wildman–Crippen LogP) is 6.85. The Bertz CT molecular complexity index is 805. The molecule has 0 N–H and O–H groups in total. The van der Waals surface area contributed by atoms with Crippen molar-refractivity contribution in [2.75, 3.05) is 24.6 Å². The predicted molar refractivity (Wildman–Crippen MR) is 122 cm³/mol. The fourth-order valence-corrected chi connectivity index (χ4v) is 3.54. The molecule has 3 rings (SSSR count). The zero-order valence-electron chi connectivity index (χ0n) is 16.9. The number of allylic oxidation sites excluding steroid dienone is 3. The fourth-order valence-electron chi connectivity index (χ4n) is 3.54. The molecule has 2 heteroatoms. The first-order valence-electron chi connectivity index (χ1n) is 10.5. The van der Waals surface area contributed by atoms with Gasteiger partial charge < -0.3 is 9.64 Å². The van der Waals surface area contributed by atoms with Gasteiger partial charge in [-0.05, 0) is 67.2 Å². The molecular formula is C26H32NO. The van der Waals surface area contributed by atoms with Gasteiger partial charge in [0.2, 0.25) is 0 Å². The van der Waals surface area contributed by atoms with E-state index >= 15 is 0 Å². The van der Waals surface area contributed by atoms with E-state index in [-0.39, 0.29) is 0 Å². The number of hydrogen-bond donors (Lipinski definition) is 0. The first-order valence-corrected chi connectivity index (χ1v) is 10.5. The van der Waals surface area contributed by atoms with Gasteiger partial charge in [-0.25, -0.2) is 0 Å². The minimum absolute atomic E-state index is 0.820. The summed E-state index contributed by atoms with van der Waals surface area (Å²) in [4.78, 5) is 2.50. The maximum absolute atomic E-state index is 5.81. The van der Waals surface area contributed by atoms with Crippen LogP contribution in [0, 0.1) is 6.42 Å². The van der Waals surface area contributed by atoms with Gasteiger partial charge in [0, 0.05) is 18.8 Å². The van der Waals surface area contributed by atoms with E-state index in [2.05, 4.69) is 72.5 Å². The summed E-state index contributed by atoms with van der Waals surface area (Å²) in [5.41, 5.74) is 1.32. The van der Waals surface area contributed by atoms with Gasteiger partial charge in [-0.1, -0.05) is 55.3 Å². The first kappa shape index (κ1) is 20.3. The number of ether oxygens (including phenoxy) is 1. The number of anilines is 1.